The molecule has 0 spiro atoms. The Morgan fingerprint density at radius 2 is 1.83 bits per heavy atom. The standard InChI is InChI=1S/C18H24N4O2/c1-3-5-6-10-13-24-17(23)16-20-15(4-2)21-18(22-16)19-14-11-8-7-9-12-14/h7-9,11-12H,3-6,10,13H2,1-2H3,(H,19,20,21,22). The Hall–Kier alpha value is -2.50. The number of carbonyl (C=O) groups is 1. The van der Waals surface area contributed by atoms with E-state index in [9.17, 15) is 4.79 Å². The highest BCUT2D eigenvalue weighted by Crippen LogP contribution is 2.13. The molecule has 1 aromatic carbocycles. The number of para-hydroxylation sites is 1. The van der Waals surface area contributed by atoms with Crippen molar-refractivity contribution in [3.05, 3.63) is 42.0 Å². The fourth-order valence-electron chi connectivity index (χ4n) is 2.13. The smallest absolute Gasteiger partial charge is 0.376 e. The van der Waals surface area contributed by atoms with Gasteiger partial charge in [0.1, 0.15) is 5.82 Å². The molecule has 6 heteroatoms. The Bertz CT molecular complexity index is 647. The van der Waals surface area contributed by atoms with Crippen LogP contribution in [-0.4, -0.2) is 27.5 Å². The van der Waals surface area contributed by atoms with Gasteiger partial charge in [0.05, 0.1) is 6.61 Å². The van der Waals surface area contributed by atoms with Crippen LogP contribution in [0.15, 0.2) is 30.3 Å². The van der Waals surface area contributed by atoms with Crippen LogP contribution in [0.5, 0.6) is 0 Å². The largest absolute Gasteiger partial charge is 0.460 e. The molecule has 24 heavy (non-hydrogen) atoms. The predicted molar refractivity (Wildman–Crippen MR) is 93.4 cm³/mol. The maximum atomic E-state index is 12.1. The summed E-state index contributed by atoms with van der Waals surface area (Å²) in [6.45, 7) is 4.47. The second-order valence-corrected chi connectivity index (χ2v) is 5.44. The maximum absolute atomic E-state index is 12.1. The zero-order chi connectivity index (χ0) is 17.2. The van der Waals surface area contributed by atoms with Gasteiger partial charge in [-0.05, 0) is 18.6 Å². The highest BCUT2D eigenvalue weighted by atomic mass is 16.5. The number of rotatable bonds is 9. The van der Waals surface area contributed by atoms with E-state index in [0.717, 1.165) is 31.4 Å². The number of unbranched alkanes of at least 4 members (excludes halogenated alkanes) is 3. The molecule has 0 aliphatic heterocycles. The Balaban J connectivity index is 2.03. The minimum absolute atomic E-state index is 0.0516. The van der Waals surface area contributed by atoms with Crippen LogP contribution in [0.2, 0.25) is 0 Å². The SMILES string of the molecule is CCCCCCOC(=O)c1nc(CC)nc(Nc2ccccc2)n1. The minimum atomic E-state index is -0.500. The summed E-state index contributed by atoms with van der Waals surface area (Å²) in [5, 5.41) is 3.09. The lowest BCUT2D eigenvalue weighted by Gasteiger charge is -2.08. The van der Waals surface area contributed by atoms with Gasteiger partial charge in [-0.2, -0.15) is 9.97 Å². The number of hydrogen-bond acceptors (Lipinski definition) is 6. The first kappa shape index (κ1) is 17.8. The van der Waals surface area contributed by atoms with Gasteiger partial charge >= 0.3 is 5.97 Å². The van der Waals surface area contributed by atoms with Gasteiger partial charge in [-0.25, -0.2) is 9.78 Å². The number of anilines is 2. The molecule has 0 saturated carbocycles. The van der Waals surface area contributed by atoms with Gasteiger partial charge < -0.3 is 10.1 Å². The average molecular weight is 328 g/mol. The van der Waals surface area contributed by atoms with E-state index in [1.807, 2.05) is 37.3 Å². The van der Waals surface area contributed by atoms with Crippen LogP contribution in [0.1, 0.15) is 56.0 Å². The van der Waals surface area contributed by atoms with Gasteiger partial charge in [0, 0.05) is 12.1 Å². The van der Waals surface area contributed by atoms with E-state index in [1.165, 1.54) is 0 Å². The topological polar surface area (TPSA) is 77.0 Å². The second kappa shape index (κ2) is 9.60. The predicted octanol–water partition coefficient (Wildman–Crippen LogP) is 3.91. The number of esters is 1. The quantitative estimate of drug-likeness (QED) is 0.555. The van der Waals surface area contributed by atoms with Crippen molar-refractivity contribution < 1.29 is 9.53 Å². The first-order chi connectivity index (χ1) is 11.7. The molecule has 128 valence electrons. The monoisotopic (exact) mass is 328 g/mol. The number of benzene rings is 1. The Labute approximate surface area is 142 Å². The van der Waals surface area contributed by atoms with E-state index in [2.05, 4.69) is 27.2 Å². The Kier molecular flexibility index (Phi) is 7.14. The van der Waals surface area contributed by atoms with Crippen molar-refractivity contribution in [3.63, 3.8) is 0 Å². The van der Waals surface area contributed by atoms with Crippen LogP contribution < -0.4 is 5.32 Å². The molecule has 0 bridgehead atoms. The summed E-state index contributed by atoms with van der Waals surface area (Å²) in [4.78, 5) is 24.8. The van der Waals surface area contributed by atoms with Crippen LogP contribution in [0.25, 0.3) is 0 Å². The molecule has 1 heterocycles. The van der Waals surface area contributed by atoms with Crippen LogP contribution in [0, 0.1) is 0 Å². The van der Waals surface area contributed by atoms with Gasteiger partial charge in [0.15, 0.2) is 0 Å². The summed E-state index contributed by atoms with van der Waals surface area (Å²) >= 11 is 0. The van der Waals surface area contributed by atoms with Gasteiger partial charge in [0.25, 0.3) is 0 Å². The molecule has 6 nitrogen and oxygen atoms in total. The fourth-order valence-corrected chi connectivity index (χ4v) is 2.13. The summed E-state index contributed by atoms with van der Waals surface area (Å²) in [5.74, 6) is 0.461. The highest BCUT2D eigenvalue weighted by molar-refractivity contribution is 5.85. The van der Waals surface area contributed by atoms with Crippen molar-refractivity contribution in [2.75, 3.05) is 11.9 Å². The molecule has 1 aromatic heterocycles. The number of aryl methyl sites for hydroxylation is 1. The normalized spacial score (nSPS) is 10.4. The Morgan fingerprint density at radius 3 is 2.54 bits per heavy atom. The van der Waals surface area contributed by atoms with Gasteiger partial charge in [-0.1, -0.05) is 51.3 Å². The molecule has 0 amide bonds. The number of carbonyl (C=O) groups excluding carboxylic acids is 1. The highest BCUT2D eigenvalue weighted by Gasteiger charge is 2.14. The van der Waals surface area contributed by atoms with Crippen LogP contribution in [-0.2, 0) is 11.2 Å². The van der Waals surface area contributed by atoms with Gasteiger partial charge in [-0.15, -0.1) is 0 Å². The zero-order valence-electron chi connectivity index (χ0n) is 14.3. The molecule has 0 fully saturated rings. The van der Waals surface area contributed by atoms with Crippen molar-refractivity contribution in [1.29, 1.82) is 0 Å². The molecule has 0 radical (unpaired) electrons. The number of hydrogen-bond donors (Lipinski definition) is 1. The third kappa shape index (κ3) is 5.61. The molecule has 0 atom stereocenters. The fraction of sp³-hybridized carbons (Fsp3) is 0.444. The number of ether oxygens (including phenoxy) is 1. The van der Waals surface area contributed by atoms with Crippen molar-refractivity contribution in [2.24, 2.45) is 0 Å². The van der Waals surface area contributed by atoms with Crippen LogP contribution >= 0.6 is 0 Å². The molecule has 0 unspecified atom stereocenters. The first-order valence-electron chi connectivity index (χ1n) is 8.47. The zero-order valence-corrected chi connectivity index (χ0v) is 14.3. The summed E-state index contributed by atoms with van der Waals surface area (Å²) in [6, 6.07) is 9.56. The Morgan fingerprint density at radius 1 is 1.04 bits per heavy atom. The molecule has 0 saturated heterocycles. The third-order valence-corrected chi connectivity index (χ3v) is 3.44. The molecular formula is C18H24N4O2. The molecule has 1 N–H and O–H groups in total. The van der Waals surface area contributed by atoms with E-state index < -0.39 is 5.97 Å². The van der Waals surface area contributed by atoms with Crippen LogP contribution in [0.3, 0.4) is 0 Å². The van der Waals surface area contributed by atoms with E-state index >= 15 is 0 Å². The summed E-state index contributed by atoms with van der Waals surface area (Å²) < 4.78 is 5.26. The second-order valence-electron chi connectivity index (χ2n) is 5.44. The summed E-state index contributed by atoms with van der Waals surface area (Å²) in [5.41, 5.74) is 0.852. The lowest BCUT2D eigenvalue weighted by molar-refractivity contribution is 0.0482. The molecular weight excluding hydrogens is 304 g/mol. The molecule has 0 aliphatic rings. The molecule has 0 aliphatic carbocycles. The van der Waals surface area contributed by atoms with E-state index in [-0.39, 0.29) is 5.82 Å². The van der Waals surface area contributed by atoms with Crippen molar-refractivity contribution >= 4 is 17.6 Å². The third-order valence-electron chi connectivity index (χ3n) is 3.44. The maximum Gasteiger partial charge on any atom is 0.376 e. The van der Waals surface area contributed by atoms with E-state index in [0.29, 0.717) is 24.8 Å². The summed E-state index contributed by atoms with van der Waals surface area (Å²) in [6.07, 6.45) is 4.83. The van der Waals surface area contributed by atoms with Gasteiger partial charge in [0.2, 0.25) is 11.8 Å². The number of nitrogens with one attached hydrogen (secondary N) is 1. The van der Waals surface area contributed by atoms with Crippen molar-refractivity contribution in [1.82, 2.24) is 15.0 Å². The van der Waals surface area contributed by atoms with Crippen LogP contribution in [0.4, 0.5) is 11.6 Å². The van der Waals surface area contributed by atoms with Gasteiger partial charge in [-0.3, -0.25) is 0 Å². The first-order valence-corrected chi connectivity index (χ1v) is 8.47. The molecule has 2 aromatic rings. The lowest BCUT2D eigenvalue weighted by Crippen LogP contribution is -2.15. The van der Waals surface area contributed by atoms with Crippen molar-refractivity contribution in [2.45, 2.75) is 46.0 Å². The number of aromatic nitrogens is 3. The van der Waals surface area contributed by atoms with E-state index in [1.54, 1.807) is 0 Å². The number of nitrogens with zero attached hydrogens (tertiary/aromatic N) is 3. The average Bonchev–Trinajstić information content (AvgIpc) is 2.62. The van der Waals surface area contributed by atoms with E-state index in [4.69, 9.17) is 4.74 Å². The minimum Gasteiger partial charge on any atom is -0.460 e. The van der Waals surface area contributed by atoms with Crippen molar-refractivity contribution in [3.8, 4) is 0 Å². The summed E-state index contributed by atoms with van der Waals surface area (Å²) in [7, 11) is 0. The molecule has 2 rings (SSSR count). The lowest BCUT2D eigenvalue weighted by atomic mass is 10.2.